The van der Waals surface area contributed by atoms with Crippen molar-refractivity contribution in [2.24, 2.45) is 0 Å². The number of pyridine rings is 1. The number of nitrogens with zero attached hydrogens (tertiary/aromatic N) is 1. The lowest BCUT2D eigenvalue weighted by Gasteiger charge is -2.28. The number of rotatable bonds is 8. The van der Waals surface area contributed by atoms with Gasteiger partial charge in [0.2, 0.25) is 6.04 Å². The smallest absolute Gasteiger partial charge is 0.419 e. The second kappa shape index (κ2) is 11.2. The maximum atomic E-state index is 13.8. The third-order valence-electron chi connectivity index (χ3n) is 5.39. The van der Waals surface area contributed by atoms with Crippen LogP contribution in [0, 0.1) is 11.6 Å². The molecule has 2 N–H and O–H groups in total. The van der Waals surface area contributed by atoms with Crippen molar-refractivity contribution in [3.63, 3.8) is 0 Å². The van der Waals surface area contributed by atoms with E-state index < -0.39 is 59.2 Å². The molecule has 0 fully saturated rings. The Kier molecular flexibility index (Phi) is 8.31. The van der Waals surface area contributed by atoms with Crippen LogP contribution in [0.1, 0.15) is 34.5 Å². The number of aromatic nitrogens is 1. The first-order valence-corrected chi connectivity index (χ1v) is 10.7. The number of aromatic hydroxyl groups is 1. The number of carbonyl (C=O) groups excluding carboxylic acids is 2. The molecule has 1 amide bonds. The highest BCUT2D eigenvalue weighted by Gasteiger charge is 2.48. The first kappa shape index (κ1) is 27.4. The van der Waals surface area contributed by atoms with Crippen LogP contribution in [0.25, 0.3) is 0 Å². The van der Waals surface area contributed by atoms with E-state index in [1.165, 1.54) is 42.6 Å². The van der Waals surface area contributed by atoms with E-state index in [4.69, 9.17) is 9.47 Å². The highest BCUT2D eigenvalue weighted by molar-refractivity contribution is 5.98. The van der Waals surface area contributed by atoms with Gasteiger partial charge in [-0.25, -0.2) is 18.6 Å². The molecule has 7 nitrogen and oxygen atoms in total. The van der Waals surface area contributed by atoms with Crippen LogP contribution in [-0.2, 0) is 9.53 Å². The molecule has 0 bridgehead atoms. The Hall–Kier alpha value is -4.22. The van der Waals surface area contributed by atoms with Gasteiger partial charge in [0.05, 0.1) is 7.11 Å². The molecule has 0 radical (unpaired) electrons. The summed E-state index contributed by atoms with van der Waals surface area (Å²) in [5, 5.41) is 11.5. The van der Waals surface area contributed by atoms with Crippen LogP contribution in [-0.4, -0.2) is 47.4 Å². The quantitative estimate of drug-likeness (QED) is 0.333. The molecule has 0 saturated heterocycles. The minimum absolute atomic E-state index is 0.221. The normalized spacial score (nSPS) is 13.1. The van der Waals surface area contributed by atoms with Crippen molar-refractivity contribution in [2.45, 2.75) is 31.2 Å². The van der Waals surface area contributed by atoms with Crippen LogP contribution in [0.5, 0.6) is 11.5 Å². The lowest BCUT2D eigenvalue weighted by molar-refractivity contribution is -0.186. The van der Waals surface area contributed by atoms with E-state index in [9.17, 15) is 36.6 Å². The number of hydrogen-bond acceptors (Lipinski definition) is 6. The number of nitrogens with one attached hydrogen (secondary N) is 1. The summed E-state index contributed by atoms with van der Waals surface area (Å²) in [5.74, 6) is -6.43. The van der Waals surface area contributed by atoms with E-state index in [1.807, 2.05) is 0 Å². The molecule has 37 heavy (non-hydrogen) atoms. The Bertz CT molecular complexity index is 1200. The van der Waals surface area contributed by atoms with Gasteiger partial charge in [0.25, 0.3) is 5.91 Å². The molecule has 12 heteroatoms. The number of methoxy groups -OCH3 is 1. The van der Waals surface area contributed by atoms with Gasteiger partial charge in [-0.3, -0.25) is 4.79 Å². The molecule has 0 spiro atoms. The Balaban J connectivity index is 1.88. The molecular weight excluding hydrogens is 503 g/mol. The zero-order valence-electron chi connectivity index (χ0n) is 19.4. The van der Waals surface area contributed by atoms with E-state index in [1.54, 1.807) is 0 Å². The van der Waals surface area contributed by atoms with Crippen LogP contribution < -0.4 is 10.1 Å². The van der Waals surface area contributed by atoms with Crippen molar-refractivity contribution in [3.05, 3.63) is 89.2 Å². The molecule has 2 aromatic carbocycles. The first-order chi connectivity index (χ1) is 17.4. The van der Waals surface area contributed by atoms with Gasteiger partial charge < -0.3 is 19.9 Å². The lowest BCUT2D eigenvalue weighted by atomic mass is 9.87. The lowest BCUT2D eigenvalue weighted by Crippen LogP contribution is -2.52. The molecule has 3 rings (SSSR count). The third kappa shape index (κ3) is 6.51. The maximum absolute atomic E-state index is 13.8. The van der Waals surface area contributed by atoms with Crippen LogP contribution in [0.2, 0.25) is 0 Å². The molecular formula is C25H21F5N2O5. The van der Waals surface area contributed by atoms with Crippen LogP contribution in [0.15, 0.2) is 60.8 Å². The second-order valence-corrected chi connectivity index (χ2v) is 7.88. The fourth-order valence-corrected chi connectivity index (χ4v) is 3.64. The van der Waals surface area contributed by atoms with Gasteiger partial charge in [-0.2, -0.15) is 13.2 Å². The van der Waals surface area contributed by atoms with Crippen LogP contribution in [0.3, 0.4) is 0 Å². The van der Waals surface area contributed by atoms with Gasteiger partial charge in [-0.05, 0) is 42.3 Å². The summed E-state index contributed by atoms with van der Waals surface area (Å²) >= 11 is 0. The summed E-state index contributed by atoms with van der Waals surface area (Å²) in [5.41, 5.74) is -0.0391. The Morgan fingerprint density at radius 1 is 0.946 bits per heavy atom. The van der Waals surface area contributed by atoms with Gasteiger partial charge in [0, 0.05) is 18.2 Å². The van der Waals surface area contributed by atoms with Crippen molar-refractivity contribution in [1.82, 2.24) is 10.3 Å². The summed E-state index contributed by atoms with van der Waals surface area (Å²) in [6, 6.07) is 7.95. The van der Waals surface area contributed by atoms with Crippen molar-refractivity contribution in [2.75, 3.05) is 7.11 Å². The average Bonchev–Trinajstić information content (AvgIpc) is 2.84. The van der Waals surface area contributed by atoms with Gasteiger partial charge in [-0.15, -0.1) is 0 Å². The Labute approximate surface area is 207 Å². The number of halogens is 5. The topological polar surface area (TPSA) is 97.8 Å². The van der Waals surface area contributed by atoms with Crippen molar-refractivity contribution in [1.29, 1.82) is 0 Å². The summed E-state index contributed by atoms with van der Waals surface area (Å²) in [6.07, 6.45) is -5.53. The SMILES string of the molecule is COc1ccnc(C(=O)NC(C(=O)O[C@@H](C)C(c2ccc(F)cc2)c2ccc(F)cc2)C(F)(F)F)c1O. The van der Waals surface area contributed by atoms with E-state index in [0.717, 1.165) is 37.6 Å². The summed E-state index contributed by atoms with van der Waals surface area (Å²) in [4.78, 5) is 28.7. The number of amides is 1. The number of ether oxygens (including phenoxy) is 2. The van der Waals surface area contributed by atoms with Crippen molar-refractivity contribution >= 4 is 11.9 Å². The number of hydrogen-bond donors (Lipinski definition) is 2. The van der Waals surface area contributed by atoms with Gasteiger partial charge in [0.15, 0.2) is 17.2 Å². The Morgan fingerprint density at radius 3 is 1.92 bits per heavy atom. The highest BCUT2D eigenvalue weighted by Crippen LogP contribution is 2.32. The molecule has 0 aliphatic rings. The summed E-state index contributed by atoms with van der Waals surface area (Å²) in [7, 11) is 1.16. The molecule has 1 aromatic heterocycles. The molecule has 1 heterocycles. The largest absolute Gasteiger partial charge is 0.503 e. The van der Waals surface area contributed by atoms with E-state index in [-0.39, 0.29) is 5.75 Å². The molecule has 0 aliphatic heterocycles. The monoisotopic (exact) mass is 524 g/mol. The van der Waals surface area contributed by atoms with Crippen molar-refractivity contribution in [3.8, 4) is 11.5 Å². The Morgan fingerprint density at radius 2 is 1.46 bits per heavy atom. The standard InChI is InChI=1S/C25H21F5N2O5/c1-13(19(14-3-7-16(26)8-4-14)15-5-9-17(27)10-6-15)37-24(35)22(25(28,29)30)32-23(34)20-21(33)18(36-2)11-12-31-20/h3-13,19,22,33H,1-2H3,(H,32,34)/t13-,22?/m0/s1. The highest BCUT2D eigenvalue weighted by atomic mass is 19.4. The number of esters is 1. The van der Waals surface area contributed by atoms with Gasteiger partial charge in [-0.1, -0.05) is 24.3 Å². The molecule has 0 saturated carbocycles. The number of alkyl halides is 3. The zero-order chi connectivity index (χ0) is 27.3. The van der Waals surface area contributed by atoms with Crippen molar-refractivity contribution < 1.29 is 46.1 Å². The fraction of sp³-hybridized carbons (Fsp3) is 0.240. The third-order valence-corrected chi connectivity index (χ3v) is 5.39. The van der Waals surface area contributed by atoms with Gasteiger partial charge in [0.1, 0.15) is 17.7 Å². The molecule has 3 aromatic rings. The van der Waals surface area contributed by atoms with Gasteiger partial charge >= 0.3 is 12.1 Å². The molecule has 196 valence electrons. The zero-order valence-corrected chi connectivity index (χ0v) is 19.4. The molecule has 1 unspecified atom stereocenters. The molecule has 0 aliphatic carbocycles. The minimum Gasteiger partial charge on any atom is -0.503 e. The second-order valence-electron chi connectivity index (χ2n) is 7.88. The number of carbonyl (C=O) groups is 2. The van der Waals surface area contributed by atoms with Crippen LogP contribution >= 0.6 is 0 Å². The summed E-state index contributed by atoms with van der Waals surface area (Å²) in [6.45, 7) is 1.31. The first-order valence-electron chi connectivity index (χ1n) is 10.7. The summed E-state index contributed by atoms with van der Waals surface area (Å²) < 4.78 is 78.2. The van der Waals surface area contributed by atoms with E-state index in [0.29, 0.717) is 11.1 Å². The van der Waals surface area contributed by atoms with E-state index >= 15 is 0 Å². The molecule has 2 atom stereocenters. The fourth-order valence-electron chi connectivity index (χ4n) is 3.64. The number of benzene rings is 2. The average molecular weight is 524 g/mol. The minimum atomic E-state index is -5.28. The maximum Gasteiger partial charge on any atom is 0.419 e. The van der Waals surface area contributed by atoms with E-state index in [2.05, 4.69) is 4.98 Å². The van der Waals surface area contributed by atoms with Crippen LogP contribution in [0.4, 0.5) is 22.0 Å². The predicted octanol–water partition coefficient (Wildman–Crippen LogP) is 4.50. The predicted molar refractivity (Wildman–Crippen MR) is 120 cm³/mol.